The molecule has 0 aliphatic heterocycles. The van der Waals surface area contributed by atoms with Gasteiger partial charge in [-0.1, -0.05) is 48.0 Å². The Kier molecular flexibility index (Phi) is 6.89. The van der Waals surface area contributed by atoms with Gasteiger partial charge in [-0.15, -0.1) is 0 Å². The van der Waals surface area contributed by atoms with Crippen molar-refractivity contribution in [2.75, 3.05) is 6.61 Å². The molecule has 126 valence electrons. The van der Waals surface area contributed by atoms with Crippen LogP contribution in [0.5, 0.6) is 5.75 Å². The smallest absolute Gasteiger partial charge is 0.342 e. The van der Waals surface area contributed by atoms with Crippen molar-refractivity contribution in [3.63, 3.8) is 0 Å². The van der Waals surface area contributed by atoms with Gasteiger partial charge in [-0.25, -0.2) is 4.79 Å². The van der Waals surface area contributed by atoms with E-state index in [0.717, 1.165) is 25.7 Å². The number of esters is 1. The van der Waals surface area contributed by atoms with E-state index in [0.29, 0.717) is 4.47 Å². The van der Waals surface area contributed by atoms with Gasteiger partial charge >= 0.3 is 5.97 Å². The molecule has 6 heteroatoms. The first-order chi connectivity index (χ1) is 11.1. The summed E-state index contributed by atoms with van der Waals surface area (Å²) in [4.78, 5) is 23.9. The van der Waals surface area contributed by atoms with Gasteiger partial charge in [0.15, 0.2) is 6.61 Å². The fourth-order valence-corrected chi connectivity index (χ4v) is 3.11. The van der Waals surface area contributed by atoms with Crippen molar-refractivity contribution in [2.45, 2.75) is 51.0 Å². The van der Waals surface area contributed by atoms with Gasteiger partial charge < -0.3 is 15.2 Å². The lowest BCUT2D eigenvalue weighted by Gasteiger charge is -2.20. The number of nitrogens with one attached hydrogen (secondary N) is 1. The number of carbonyl (C=O) groups excluding carboxylic acids is 2. The summed E-state index contributed by atoms with van der Waals surface area (Å²) in [5.41, 5.74) is 0.0399. The van der Waals surface area contributed by atoms with Crippen molar-refractivity contribution in [2.24, 2.45) is 0 Å². The molecule has 5 nitrogen and oxygen atoms in total. The Hall–Kier alpha value is -1.56. The molecule has 0 unspecified atom stereocenters. The van der Waals surface area contributed by atoms with Gasteiger partial charge in [0.05, 0.1) is 0 Å². The average molecular weight is 384 g/mol. The normalized spacial score (nSPS) is 16.2. The van der Waals surface area contributed by atoms with E-state index in [1.54, 1.807) is 6.07 Å². The number of aromatic hydroxyl groups is 1. The van der Waals surface area contributed by atoms with E-state index < -0.39 is 5.97 Å². The van der Waals surface area contributed by atoms with Crippen LogP contribution >= 0.6 is 15.9 Å². The van der Waals surface area contributed by atoms with Gasteiger partial charge in [-0.2, -0.15) is 0 Å². The standard InChI is InChI=1S/C17H22BrNO4/c18-12-8-9-15(20)14(10-12)17(22)23-11-16(21)19-13-6-4-2-1-3-5-7-13/h8-10,13,20H,1-7,11H2,(H,19,21). The van der Waals surface area contributed by atoms with Crippen molar-refractivity contribution in [1.82, 2.24) is 5.32 Å². The first-order valence-electron chi connectivity index (χ1n) is 8.01. The zero-order valence-electron chi connectivity index (χ0n) is 13.0. The Labute approximate surface area is 144 Å². The van der Waals surface area contributed by atoms with Crippen molar-refractivity contribution in [3.8, 4) is 5.75 Å². The van der Waals surface area contributed by atoms with Gasteiger partial charge in [0.1, 0.15) is 11.3 Å². The molecule has 2 rings (SSSR count). The topological polar surface area (TPSA) is 75.6 Å². The number of phenolic OH excluding ortho intramolecular Hbond substituents is 1. The molecule has 0 radical (unpaired) electrons. The van der Waals surface area contributed by atoms with Gasteiger partial charge in [-0.05, 0) is 31.0 Å². The summed E-state index contributed by atoms with van der Waals surface area (Å²) in [6.07, 6.45) is 7.90. The Balaban J connectivity index is 1.81. The lowest BCUT2D eigenvalue weighted by molar-refractivity contribution is -0.125. The molecule has 1 aromatic rings. The fourth-order valence-electron chi connectivity index (χ4n) is 2.75. The number of rotatable bonds is 4. The number of carbonyl (C=O) groups is 2. The highest BCUT2D eigenvalue weighted by atomic mass is 79.9. The minimum absolute atomic E-state index is 0.0399. The van der Waals surface area contributed by atoms with Crippen LogP contribution in [0.3, 0.4) is 0 Å². The maximum absolute atomic E-state index is 11.9. The summed E-state index contributed by atoms with van der Waals surface area (Å²) in [7, 11) is 0. The first-order valence-corrected chi connectivity index (χ1v) is 8.80. The predicted octanol–water partition coefficient (Wildman–Crippen LogP) is 3.54. The Bertz CT molecular complexity index is 554. The molecule has 0 heterocycles. The molecule has 1 aliphatic rings. The molecule has 0 spiro atoms. The van der Waals surface area contributed by atoms with Gasteiger partial charge in [0.25, 0.3) is 5.91 Å². The van der Waals surface area contributed by atoms with Crippen LogP contribution in [-0.2, 0) is 9.53 Å². The Morgan fingerprint density at radius 1 is 1.17 bits per heavy atom. The third-order valence-corrected chi connectivity index (χ3v) is 4.48. The van der Waals surface area contributed by atoms with Crippen LogP contribution in [0.1, 0.15) is 55.3 Å². The molecular formula is C17H22BrNO4. The zero-order chi connectivity index (χ0) is 16.7. The number of halogens is 1. The SMILES string of the molecule is O=C(COC(=O)c1cc(Br)ccc1O)NC1CCCCCCC1. The second-order valence-electron chi connectivity index (χ2n) is 5.85. The molecule has 2 N–H and O–H groups in total. The maximum atomic E-state index is 11.9. The molecular weight excluding hydrogens is 362 g/mol. The predicted molar refractivity (Wildman–Crippen MR) is 90.3 cm³/mol. The molecule has 0 saturated heterocycles. The van der Waals surface area contributed by atoms with E-state index in [4.69, 9.17) is 4.74 Å². The largest absolute Gasteiger partial charge is 0.507 e. The number of ether oxygens (including phenoxy) is 1. The molecule has 1 amide bonds. The average Bonchev–Trinajstić information content (AvgIpc) is 2.50. The lowest BCUT2D eigenvalue weighted by Crippen LogP contribution is -2.38. The van der Waals surface area contributed by atoms with Crippen LogP contribution in [0.2, 0.25) is 0 Å². The van der Waals surface area contributed by atoms with E-state index >= 15 is 0 Å². The van der Waals surface area contributed by atoms with Crippen molar-refractivity contribution >= 4 is 27.8 Å². The number of hydrogen-bond acceptors (Lipinski definition) is 4. The number of phenols is 1. The zero-order valence-corrected chi connectivity index (χ0v) is 14.6. The quantitative estimate of drug-likeness (QED) is 0.779. The minimum atomic E-state index is -0.711. The highest BCUT2D eigenvalue weighted by Crippen LogP contribution is 2.22. The fraction of sp³-hybridized carbons (Fsp3) is 0.529. The van der Waals surface area contributed by atoms with Crippen LogP contribution in [0, 0.1) is 0 Å². The van der Waals surface area contributed by atoms with E-state index in [9.17, 15) is 14.7 Å². The Morgan fingerprint density at radius 2 is 1.83 bits per heavy atom. The third kappa shape index (κ3) is 5.86. The second kappa shape index (κ2) is 8.91. The second-order valence-corrected chi connectivity index (χ2v) is 6.76. The molecule has 23 heavy (non-hydrogen) atoms. The molecule has 1 saturated carbocycles. The highest BCUT2D eigenvalue weighted by molar-refractivity contribution is 9.10. The van der Waals surface area contributed by atoms with Gasteiger partial charge in [0.2, 0.25) is 0 Å². The summed E-state index contributed by atoms with van der Waals surface area (Å²) in [6, 6.07) is 4.65. The Morgan fingerprint density at radius 3 is 2.52 bits per heavy atom. The number of hydrogen-bond donors (Lipinski definition) is 2. The van der Waals surface area contributed by atoms with Crippen LogP contribution in [0.25, 0.3) is 0 Å². The monoisotopic (exact) mass is 383 g/mol. The summed E-state index contributed by atoms with van der Waals surface area (Å²) < 4.78 is 5.65. The molecule has 1 aromatic carbocycles. The summed E-state index contributed by atoms with van der Waals surface area (Å²) in [5.74, 6) is -1.17. The molecule has 0 atom stereocenters. The van der Waals surface area contributed by atoms with E-state index in [2.05, 4.69) is 21.2 Å². The summed E-state index contributed by atoms with van der Waals surface area (Å²) in [5, 5.41) is 12.6. The lowest BCUT2D eigenvalue weighted by atomic mass is 9.97. The molecule has 1 aliphatic carbocycles. The highest BCUT2D eigenvalue weighted by Gasteiger charge is 2.17. The number of amides is 1. The molecule has 0 aromatic heterocycles. The van der Waals surface area contributed by atoms with Crippen LogP contribution in [-0.4, -0.2) is 29.6 Å². The van der Waals surface area contributed by atoms with E-state index in [1.807, 2.05) is 0 Å². The van der Waals surface area contributed by atoms with Crippen LogP contribution in [0.15, 0.2) is 22.7 Å². The third-order valence-electron chi connectivity index (χ3n) is 3.98. The van der Waals surface area contributed by atoms with Crippen molar-refractivity contribution in [1.29, 1.82) is 0 Å². The van der Waals surface area contributed by atoms with Crippen molar-refractivity contribution in [3.05, 3.63) is 28.2 Å². The van der Waals surface area contributed by atoms with E-state index in [-0.39, 0.29) is 29.9 Å². The summed E-state index contributed by atoms with van der Waals surface area (Å²) in [6.45, 7) is -0.332. The van der Waals surface area contributed by atoms with Gasteiger partial charge in [-0.3, -0.25) is 4.79 Å². The van der Waals surface area contributed by atoms with E-state index in [1.165, 1.54) is 31.4 Å². The van der Waals surface area contributed by atoms with Crippen LogP contribution < -0.4 is 5.32 Å². The minimum Gasteiger partial charge on any atom is -0.507 e. The van der Waals surface area contributed by atoms with Crippen LogP contribution in [0.4, 0.5) is 0 Å². The first kappa shape index (κ1) is 17.8. The molecule has 1 fully saturated rings. The van der Waals surface area contributed by atoms with Crippen molar-refractivity contribution < 1.29 is 19.4 Å². The molecule has 0 bridgehead atoms. The number of benzene rings is 1. The maximum Gasteiger partial charge on any atom is 0.342 e. The summed E-state index contributed by atoms with van der Waals surface area (Å²) >= 11 is 3.23. The van der Waals surface area contributed by atoms with Gasteiger partial charge in [0, 0.05) is 10.5 Å².